The van der Waals surface area contributed by atoms with E-state index in [-0.39, 0.29) is 5.91 Å². The summed E-state index contributed by atoms with van der Waals surface area (Å²) in [5.74, 6) is 0.190. The first-order valence-electron chi connectivity index (χ1n) is 6.58. The monoisotopic (exact) mass is 228 g/mol. The lowest BCUT2D eigenvalue weighted by atomic mass is 10.1. The number of unbranched alkanes of at least 4 members (excludes halogenated alkanes) is 3. The van der Waals surface area contributed by atoms with E-state index in [2.05, 4.69) is 24.4 Å². The molecule has 1 aliphatic heterocycles. The Morgan fingerprint density at radius 3 is 2.56 bits per heavy atom. The lowest BCUT2D eigenvalue weighted by Gasteiger charge is -2.30. The van der Waals surface area contributed by atoms with Crippen LogP contribution in [0.25, 0.3) is 0 Å². The van der Waals surface area contributed by atoms with Gasteiger partial charge in [-0.05, 0) is 6.42 Å². The number of likely N-dealkylation sites (N-methyl/N-ethyl adjacent to an activating group) is 1. The van der Waals surface area contributed by atoms with Crippen molar-refractivity contribution in [3.8, 4) is 0 Å². The van der Waals surface area contributed by atoms with E-state index in [0.29, 0.717) is 6.42 Å². The minimum absolute atomic E-state index is 0.190. The second-order valence-corrected chi connectivity index (χ2v) is 4.79. The molecule has 1 heterocycles. The Balaban J connectivity index is 2.05. The molecular weight excluding hydrogens is 202 g/mol. The highest BCUT2D eigenvalue weighted by Crippen LogP contribution is 2.02. The molecule has 16 heavy (non-hydrogen) atoms. The van der Waals surface area contributed by atoms with Gasteiger partial charge < -0.3 is 4.90 Å². The second-order valence-electron chi connectivity index (χ2n) is 4.79. The molecule has 0 unspecified atom stereocenters. The molecule has 1 amide bonds. The number of piperazine rings is 1. The number of carbonyl (C=O) groups excluding carboxylic acids is 1. The number of amides is 1. The molecule has 1 saturated heterocycles. The first-order chi connectivity index (χ1) is 7.72. The van der Waals surface area contributed by atoms with Gasteiger partial charge in [0.15, 0.2) is 0 Å². The standard InChI is InChI=1S/C12H25N3O/c1-3-4-5-6-7-12(16)13-15-10-8-14(2)9-11-15/h3-11H2,1-2H3,(H,13,16)/p+1. The van der Waals surface area contributed by atoms with E-state index in [0.717, 1.165) is 32.6 Å². The number of hydrogen-bond donors (Lipinski definition) is 2. The molecule has 4 nitrogen and oxygen atoms in total. The maximum absolute atomic E-state index is 11.6. The van der Waals surface area contributed by atoms with Gasteiger partial charge in [-0.3, -0.25) is 10.2 Å². The van der Waals surface area contributed by atoms with E-state index in [4.69, 9.17) is 0 Å². The zero-order chi connectivity index (χ0) is 11.8. The Labute approximate surface area is 98.9 Å². The van der Waals surface area contributed by atoms with Gasteiger partial charge in [-0.1, -0.05) is 26.2 Å². The molecule has 0 atom stereocenters. The van der Waals surface area contributed by atoms with Crippen LogP contribution in [-0.4, -0.2) is 44.1 Å². The van der Waals surface area contributed by atoms with E-state index in [1.54, 1.807) is 4.90 Å². The fourth-order valence-electron chi connectivity index (χ4n) is 1.94. The van der Waals surface area contributed by atoms with Crippen LogP contribution in [0.5, 0.6) is 0 Å². The van der Waals surface area contributed by atoms with Crippen LogP contribution in [0, 0.1) is 0 Å². The fourth-order valence-corrected chi connectivity index (χ4v) is 1.94. The third-order valence-corrected chi connectivity index (χ3v) is 3.16. The van der Waals surface area contributed by atoms with Crippen LogP contribution in [-0.2, 0) is 4.79 Å². The lowest BCUT2D eigenvalue weighted by molar-refractivity contribution is -0.884. The zero-order valence-corrected chi connectivity index (χ0v) is 10.7. The third-order valence-electron chi connectivity index (χ3n) is 3.16. The maximum atomic E-state index is 11.6. The summed E-state index contributed by atoms with van der Waals surface area (Å²) in [7, 11) is 2.20. The van der Waals surface area contributed by atoms with Gasteiger partial charge in [-0.15, -0.1) is 0 Å². The van der Waals surface area contributed by atoms with Gasteiger partial charge in [0.25, 0.3) is 0 Å². The number of hydrogen-bond acceptors (Lipinski definition) is 2. The molecule has 94 valence electrons. The number of quaternary nitrogens is 1. The van der Waals surface area contributed by atoms with Gasteiger partial charge in [0, 0.05) is 6.42 Å². The highest BCUT2D eigenvalue weighted by Gasteiger charge is 2.17. The predicted octanol–water partition coefficient (Wildman–Crippen LogP) is -0.182. The van der Waals surface area contributed by atoms with Crippen molar-refractivity contribution in [2.24, 2.45) is 0 Å². The number of carbonyl (C=O) groups is 1. The summed E-state index contributed by atoms with van der Waals surface area (Å²) < 4.78 is 0. The summed E-state index contributed by atoms with van der Waals surface area (Å²) in [6.45, 7) is 6.39. The van der Waals surface area contributed by atoms with E-state index in [9.17, 15) is 4.79 Å². The van der Waals surface area contributed by atoms with E-state index >= 15 is 0 Å². The van der Waals surface area contributed by atoms with Gasteiger partial charge in [-0.25, -0.2) is 5.01 Å². The van der Waals surface area contributed by atoms with Gasteiger partial charge in [0.1, 0.15) is 0 Å². The van der Waals surface area contributed by atoms with Crippen molar-refractivity contribution in [3.63, 3.8) is 0 Å². The minimum Gasteiger partial charge on any atom is -0.335 e. The van der Waals surface area contributed by atoms with Crippen molar-refractivity contribution in [3.05, 3.63) is 0 Å². The topological polar surface area (TPSA) is 36.8 Å². The Kier molecular flexibility index (Phi) is 6.42. The molecule has 0 aromatic rings. The Morgan fingerprint density at radius 1 is 1.25 bits per heavy atom. The van der Waals surface area contributed by atoms with Gasteiger partial charge in [0.05, 0.1) is 33.2 Å². The molecule has 0 bridgehead atoms. The molecule has 0 aromatic carbocycles. The zero-order valence-electron chi connectivity index (χ0n) is 10.7. The van der Waals surface area contributed by atoms with E-state index in [1.807, 2.05) is 0 Å². The van der Waals surface area contributed by atoms with Gasteiger partial charge in [-0.2, -0.15) is 0 Å². The summed E-state index contributed by atoms with van der Waals surface area (Å²) >= 11 is 0. The molecule has 1 aliphatic rings. The fraction of sp³-hybridized carbons (Fsp3) is 0.917. The van der Waals surface area contributed by atoms with E-state index < -0.39 is 0 Å². The van der Waals surface area contributed by atoms with Crippen LogP contribution in [0.15, 0.2) is 0 Å². The van der Waals surface area contributed by atoms with Crippen molar-refractivity contribution in [2.45, 2.75) is 39.0 Å². The Hall–Kier alpha value is -0.610. The summed E-state index contributed by atoms with van der Waals surface area (Å²) in [6.07, 6.45) is 5.35. The maximum Gasteiger partial charge on any atom is 0.234 e. The first-order valence-corrected chi connectivity index (χ1v) is 6.58. The molecule has 4 heteroatoms. The molecule has 0 aromatic heterocycles. The molecule has 1 fully saturated rings. The van der Waals surface area contributed by atoms with Crippen molar-refractivity contribution in [1.29, 1.82) is 0 Å². The molecule has 0 saturated carbocycles. The average Bonchev–Trinajstić information content (AvgIpc) is 2.28. The molecule has 0 aliphatic carbocycles. The van der Waals surface area contributed by atoms with Gasteiger partial charge in [0.2, 0.25) is 5.91 Å². The molecule has 1 rings (SSSR count). The quantitative estimate of drug-likeness (QED) is 0.619. The molecular formula is C12H26N3O+. The number of rotatable bonds is 6. The normalized spacial score (nSPS) is 18.6. The highest BCUT2D eigenvalue weighted by molar-refractivity contribution is 5.75. The lowest BCUT2D eigenvalue weighted by Crippen LogP contribution is -3.12. The van der Waals surface area contributed by atoms with Crippen LogP contribution >= 0.6 is 0 Å². The third kappa shape index (κ3) is 5.47. The largest absolute Gasteiger partial charge is 0.335 e. The Bertz CT molecular complexity index is 200. The summed E-state index contributed by atoms with van der Waals surface area (Å²) in [5, 5.41) is 2.06. The SMILES string of the molecule is CCCCCCC(=O)NN1CC[NH+](C)CC1. The van der Waals surface area contributed by atoms with Crippen LogP contribution in [0.1, 0.15) is 39.0 Å². The molecule has 2 N–H and O–H groups in total. The molecule has 0 spiro atoms. The minimum atomic E-state index is 0.190. The van der Waals surface area contributed by atoms with Crippen molar-refractivity contribution < 1.29 is 9.69 Å². The van der Waals surface area contributed by atoms with Gasteiger partial charge >= 0.3 is 0 Å². The van der Waals surface area contributed by atoms with Crippen molar-refractivity contribution in [2.75, 3.05) is 33.2 Å². The van der Waals surface area contributed by atoms with Crippen LogP contribution in [0.2, 0.25) is 0 Å². The average molecular weight is 228 g/mol. The highest BCUT2D eigenvalue weighted by atomic mass is 16.2. The van der Waals surface area contributed by atoms with Crippen LogP contribution < -0.4 is 10.3 Å². The molecule has 0 radical (unpaired) electrons. The second kappa shape index (κ2) is 7.63. The summed E-state index contributed by atoms with van der Waals surface area (Å²) in [6, 6.07) is 0. The summed E-state index contributed by atoms with van der Waals surface area (Å²) in [4.78, 5) is 13.1. The number of hydrazine groups is 1. The van der Waals surface area contributed by atoms with Crippen molar-refractivity contribution >= 4 is 5.91 Å². The van der Waals surface area contributed by atoms with Crippen LogP contribution in [0.4, 0.5) is 0 Å². The predicted molar refractivity (Wildman–Crippen MR) is 65.1 cm³/mol. The summed E-state index contributed by atoms with van der Waals surface area (Å²) in [5.41, 5.74) is 3.00. The van der Waals surface area contributed by atoms with Crippen LogP contribution in [0.3, 0.4) is 0 Å². The van der Waals surface area contributed by atoms with Crippen molar-refractivity contribution in [1.82, 2.24) is 10.4 Å². The number of nitrogens with zero attached hydrogens (tertiary/aromatic N) is 1. The Morgan fingerprint density at radius 2 is 1.94 bits per heavy atom. The smallest absolute Gasteiger partial charge is 0.234 e. The number of nitrogens with one attached hydrogen (secondary N) is 2. The first kappa shape index (κ1) is 13.5. The van der Waals surface area contributed by atoms with E-state index in [1.165, 1.54) is 19.3 Å².